The Morgan fingerprint density at radius 3 is 2.35 bits per heavy atom. The average molecular weight is 270 g/mol. The number of hydrogen-bond acceptors (Lipinski definition) is 2. The number of para-hydroxylation sites is 2. The number of imidazole rings is 1. The minimum Gasteiger partial charge on any atom is -0.292 e. The molecule has 2 heterocycles. The van der Waals surface area contributed by atoms with Crippen molar-refractivity contribution in [3.63, 3.8) is 0 Å². The summed E-state index contributed by atoms with van der Waals surface area (Å²) >= 11 is 0. The van der Waals surface area contributed by atoms with Gasteiger partial charge in [0, 0.05) is 13.6 Å². The molecule has 0 unspecified atom stereocenters. The summed E-state index contributed by atoms with van der Waals surface area (Å²) in [5.74, 6) is 0. The second-order valence-corrected chi connectivity index (χ2v) is 5.00. The molecule has 0 atom stereocenters. The van der Waals surface area contributed by atoms with E-state index in [0.717, 1.165) is 22.4 Å². The molecular formula is C15H18N4O. The fraction of sp³-hybridized carbons (Fsp3) is 0.333. The maximum atomic E-state index is 12.5. The lowest BCUT2D eigenvalue weighted by Gasteiger charge is -2.03. The van der Waals surface area contributed by atoms with Gasteiger partial charge in [-0.15, -0.1) is 0 Å². The molecule has 0 aliphatic heterocycles. The Morgan fingerprint density at radius 2 is 1.80 bits per heavy atom. The van der Waals surface area contributed by atoms with E-state index in [1.807, 2.05) is 60.5 Å². The van der Waals surface area contributed by atoms with Crippen molar-refractivity contribution >= 4 is 11.0 Å². The number of fused-ring (bicyclic) bond motifs is 1. The molecule has 2 aromatic heterocycles. The van der Waals surface area contributed by atoms with Gasteiger partial charge in [-0.1, -0.05) is 12.1 Å². The normalized spacial score (nSPS) is 11.3. The maximum Gasteiger partial charge on any atom is 0.329 e. The van der Waals surface area contributed by atoms with Gasteiger partial charge >= 0.3 is 5.69 Å². The molecule has 1 aromatic carbocycles. The van der Waals surface area contributed by atoms with E-state index < -0.39 is 0 Å². The number of aryl methyl sites for hydroxylation is 3. The van der Waals surface area contributed by atoms with Crippen LogP contribution in [0, 0.1) is 6.92 Å². The lowest BCUT2D eigenvalue weighted by Crippen LogP contribution is -2.24. The van der Waals surface area contributed by atoms with E-state index in [2.05, 4.69) is 5.10 Å². The first-order valence-electron chi connectivity index (χ1n) is 6.79. The zero-order valence-corrected chi connectivity index (χ0v) is 12.0. The highest BCUT2D eigenvalue weighted by Gasteiger charge is 2.13. The van der Waals surface area contributed by atoms with Crippen LogP contribution < -0.4 is 5.69 Å². The molecule has 104 valence electrons. The van der Waals surface area contributed by atoms with Crippen molar-refractivity contribution in [1.82, 2.24) is 18.9 Å². The van der Waals surface area contributed by atoms with Crippen LogP contribution in [0.1, 0.15) is 18.3 Å². The largest absolute Gasteiger partial charge is 0.329 e. The maximum absolute atomic E-state index is 12.5. The fourth-order valence-corrected chi connectivity index (χ4v) is 2.71. The molecular weight excluding hydrogens is 252 g/mol. The van der Waals surface area contributed by atoms with E-state index >= 15 is 0 Å². The quantitative estimate of drug-likeness (QED) is 0.730. The number of benzene rings is 1. The molecule has 0 spiro atoms. The standard InChI is InChI=1S/C15H18N4O/c1-4-18-13-7-5-6-8-14(13)19(15(18)20)10-12-9-11(2)16-17(12)3/h5-9H,4,10H2,1-3H3. The van der Waals surface area contributed by atoms with Crippen molar-refractivity contribution in [3.8, 4) is 0 Å². The predicted molar refractivity (Wildman–Crippen MR) is 78.9 cm³/mol. The first-order valence-corrected chi connectivity index (χ1v) is 6.79. The average Bonchev–Trinajstić information content (AvgIpc) is 2.88. The molecule has 0 radical (unpaired) electrons. The third kappa shape index (κ3) is 1.86. The molecule has 5 nitrogen and oxygen atoms in total. The summed E-state index contributed by atoms with van der Waals surface area (Å²) in [5.41, 5.74) is 3.99. The predicted octanol–water partition coefficient (Wildman–Crippen LogP) is 1.91. The minimum absolute atomic E-state index is 0.0348. The number of hydrogen-bond donors (Lipinski definition) is 0. The van der Waals surface area contributed by atoms with E-state index in [1.165, 1.54) is 0 Å². The number of rotatable bonds is 3. The summed E-state index contributed by atoms with van der Waals surface area (Å²) in [6, 6.07) is 9.93. The summed E-state index contributed by atoms with van der Waals surface area (Å²) < 4.78 is 5.45. The van der Waals surface area contributed by atoms with Crippen molar-refractivity contribution < 1.29 is 0 Å². The molecule has 0 amide bonds. The van der Waals surface area contributed by atoms with Crippen molar-refractivity contribution in [2.75, 3.05) is 0 Å². The fourth-order valence-electron chi connectivity index (χ4n) is 2.71. The molecule has 0 fully saturated rings. The van der Waals surface area contributed by atoms with Gasteiger partial charge in [0.05, 0.1) is 29.0 Å². The highest BCUT2D eigenvalue weighted by Crippen LogP contribution is 2.14. The first kappa shape index (κ1) is 12.7. The van der Waals surface area contributed by atoms with E-state index in [9.17, 15) is 4.79 Å². The smallest absolute Gasteiger partial charge is 0.292 e. The highest BCUT2D eigenvalue weighted by molar-refractivity contribution is 5.76. The summed E-state index contributed by atoms with van der Waals surface area (Å²) in [5, 5.41) is 4.34. The Balaban J connectivity index is 2.19. The second kappa shape index (κ2) is 4.67. The Labute approximate surface area is 117 Å². The van der Waals surface area contributed by atoms with E-state index in [4.69, 9.17) is 0 Å². The molecule has 0 aliphatic carbocycles. The van der Waals surface area contributed by atoms with Gasteiger partial charge in [0.25, 0.3) is 0 Å². The van der Waals surface area contributed by atoms with Crippen LogP contribution in [-0.2, 0) is 20.1 Å². The molecule has 0 N–H and O–H groups in total. The molecule has 0 saturated heterocycles. The Hall–Kier alpha value is -2.30. The van der Waals surface area contributed by atoms with Gasteiger partial charge in [0.1, 0.15) is 0 Å². The Kier molecular flexibility index (Phi) is 2.97. The summed E-state index contributed by atoms with van der Waals surface area (Å²) in [6.07, 6.45) is 0. The number of aromatic nitrogens is 4. The SMILES string of the molecule is CCn1c(=O)n(Cc2cc(C)nn2C)c2ccccc21. The van der Waals surface area contributed by atoms with Crippen molar-refractivity contribution in [2.24, 2.45) is 7.05 Å². The highest BCUT2D eigenvalue weighted by atomic mass is 16.1. The molecule has 20 heavy (non-hydrogen) atoms. The van der Waals surface area contributed by atoms with E-state index in [1.54, 1.807) is 4.57 Å². The van der Waals surface area contributed by atoms with Gasteiger partial charge in [-0.2, -0.15) is 5.10 Å². The Bertz CT molecular complexity index is 822. The molecule has 5 heteroatoms. The summed E-state index contributed by atoms with van der Waals surface area (Å²) in [7, 11) is 1.91. The molecule has 3 rings (SSSR count). The third-order valence-corrected chi connectivity index (χ3v) is 3.66. The van der Waals surface area contributed by atoms with Gasteiger partial charge < -0.3 is 0 Å². The van der Waals surface area contributed by atoms with Crippen LogP contribution in [0.2, 0.25) is 0 Å². The lowest BCUT2D eigenvalue weighted by molar-refractivity contribution is 0.636. The summed E-state index contributed by atoms with van der Waals surface area (Å²) in [4.78, 5) is 12.5. The Morgan fingerprint density at radius 1 is 1.15 bits per heavy atom. The van der Waals surface area contributed by atoms with Crippen molar-refractivity contribution in [3.05, 3.63) is 52.2 Å². The molecule has 3 aromatic rings. The van der Waals surface area contributed by atoms with Crippen LogP contribution in [0.25, 0.3) is 11.0 Å². The van der Waals surface area contributed by atoms with E-state index in [0.29, 0.717) is 13.1 Å². The van der Waals surface area contributed by atoms with Crippen molar-refractivity contribution in [1.29, 1.82) is 0 Å². The van der Waals surface area contributed by atoms with Gasteiger partial charge in [0.15, 0.2) is 0 Å². The minimum atomic E-state index is 0.0348. The van der Waals surface area contributed by atoms with Crippen LogP contribution in [0.4, 0.5) is 0 Å². The lowest BCUT2D eigenvalue weighted by atomic mass is 10.3. The molecule has 0 aliphatic rings. The van der Waals surface area contributed by atoms with Gasteiger partial charge in [0.2, 0.25) is 0 Å². The zero-order chi connectivity index (χ0) is 14.3. The van der Waals surface area contributed by atoms with Gasteiger partial charge in [-0.25, -0.2) is 4.79 Å². The number of nitrogens with zero attached hydrogens (tertiary/aromatic N) is 4. The topological polar surface area (TPSA) is 44.8 Å². The first-order chi connectivity index (χ1) is 9.61. The van der Waals surface area contributed by atoms with Gasteiger partial charge in [-0.05, 0) is 32.0 Å². The zero-order valence-electron chi connectivity index (χ0n) is 12.0. The second-order valence-electron chi connectivity index (χ2n) is 5.00. The van der Waals surface area contributed by atoms with Crippen LogP contribution in [-0.4, -0.2) is 18.9 Å². The monoisotopic (exact) mass is 270 g/mol. The van der Waals surface area contributed by atoms with Crippen LogP contribution in [0.3, 0.4) is 0 Å². The van der Waals surface area contributed by atoms with Crippen LogP contribution in [0.15, 0.2) is 35.1 Å². The molecule has 0 bridgehead atoms. The van der Waals surface area contributed by atoms with Gasteiger partial charge in [-0.3, -0.25) is 13.8 Å². The van der Waals surface area contributed by atoms with Crippen molar-refractivity contribution in [2.45, 2.75) is 26.9 Å². The van der Waals surface area contributed by atoms with Crippen LogP contribution in [0.5, 0.6) is 0 Å². The molecule has 0 saturated carbocycles. The third-order valence-electron chi connectivity index (χ3n) is 3.66. The summed E-state index contributed by atoms with van der Waals surface area (Å²) in [6.45, 7) is 5.18. The van der Waals surface area contributed by atoms with Crippen LogP contribution >= 0.6 is 0 Å². The van der Waals surface area contributed by atoms with E-state index in [-0.39, 0.29) is 5.69 Å².